The minimum atomic E-state index is -2.43. The number of rotatable bonds is 7. The van der Waals surface area contributed by atoms with Crippen molar-refractivity contribution in [3.8, 4) is 6.07 Å². The number of Topliss-reactive ketones (excluding diaryl/α,β-unsaturated/α-hetero) is 1. The van der Waals surface area contributed by atoms with Crippen LogP contribution in [0.25, 0.3) is 0 Å². The van der Waals surface area contributed by atoms with Crippen LogP contribution >= 0.6 is 0 Å². The molecule has 1 aromatic rings. The Morgan fingerprint density at radius 2 is 1.92 bits per heavy atom. The third kappa shape index (κ3) is 4.25. The van der Waals surface area contributed by atoms with Crippen molar-refractivity contribution in [3.05, 3.63) is 35.4 Å². The molecule has 8 nitrogen and oxygen atoms in total. The van der Waals surface area contributed by atoms with Crippen LogP contribution in [0.3, 0.4) is 0 Å². The van der Waals surface area contributed by atoms with E-state index < -0.39 is 29.5 Å². The summed E-state index contributed by atoms with van der Waals surface area (Å²) in [7, 11) is 0. The van der Waals surface area contributed by atoms with Crippen molar-refractivity contribution in [2.45, 2.75) is 38.0 Å². The van der Waals surface area contributed by atoms with Gasteiger partial charge in [-0.2, -0.15) is 5.26 Å². The van der Waals surface area contributed by atoms with E-state index in [0.29, 0.717) is 31.5 Å². The number of carbonyl (C=O) groups excluding carboxylic acids is 2. The number of carboxylic acid groups (broad SMARTS) is 1. The molecule has 1 aliphatic heterocycles. The zero-order chi connectivity index (χ0) is 19.2. The van der Waals surface area contributed by atoms with Crippen molar-refractivity contribution in [3.63, 3.8) is 0 Å². The second kappa shape index (κ2) is 8.56. The lowest BCUT2D eigenvalue weighted by molar-refractivity contribution is -0.185. The Bertz CT molecular complexity index is 719. The monoisotopic (exact) mass is 359 g/mol. The van der Waals surface area contributed by atoms with Crippen LogP contribution in [0.2, 0.25) is 0 Å². The van der Waals surface area contributed by atoms with E-state index in [1.165, 1.54) is 31.2 Å². The lowest BCUT2D eigenvalue weighted by Gasteiger charge is -2.34. The molecule has 0 radical (unpaired) electrons. The molecule has 2 rings (SSSR count). The molecule has 1 fully saturated rings. The van der Waals surface area contributed by atoms with Gasteiger partial charge < -0.3 is 20.5 Å². The average Bonchev–Trinajstić information content (AvgIpc) is 2.67. The Morgan fingerprint density at radius 3 is 2.42 bits per heavy atom. The van der Waals surface area contributed by atoms with Gasteiger partial charge >= 0.3 is 11.7 Å². The molecule has 0 saturated carbocycles. The second-order valence-corrected chi connectivity index (χ2v) is 5.97. The number of piperidine rings is 1. The van der Waals surface area contributed by atoms with Crippen LogP contribution < -0.4 is 10.6 Å². The zero-order valence-corrected chi connectivity index (χ0v) is 14.4. The molecule has 1 heterocycles. The van der Waals surface area contributed by atoms with E-state index >= 15 is 0 Å². The van der Waals surface area contributed by atoms with Gasteiger partial charge in [-0.1, -0.05) is 6.92 Å². The van der Waals surface area contributed by atoms with Crippen molar-refractivity contribution in [1.82, 2.24) is 10.6 Å². The van der Waals surface area contributed by atoms with E-state index in [0.717, 1.165) is 0 Å². The quantitative estimate of drug-likeness (QED) is 0.485. The van der Waals surface area contributed by atoms with Crippen LogP contribution in [-0.4, -0.2) is 47.7 Å². The molecule has 1 atom stereocenters. The summed E-state index contributed by atoms with van der Waals surface area (Å²) >= 11 is 0. The van der Waals surface area contributed by atoms with Gasteiger partial charge in [-0.3, -0.25) is 9.59 Å². The highest BCUT2D eigenvalue weighted by Crippen LogP contribution is 2.21. The van der Waals surface area contributed by atoms with Crippen molar-refractivity contribution in [1.29, 1.82) is 5.26 Å². The molecular weight excluding hydrogens is 338 g/mol. The first-order valence-corrected chi connectivity index (χ1v) is 8.41. The van der Waals surface area contributed by atoms with Crippen molar-refractivity contribution >= 4 is 17.7 Å². The summed E-state index contributed by atoms with van der Waals surface area (Å²) in [6, 6.07) is 7.59. The second-order valence-electron chi connectivity index (χ2n) is 5.97. The van der Waals surface area contributed by atoms with Gasteiger partial charge in [0.15, 0.2) is 5.78 Å². The summed E-state index contributed by atoms with van der Waals surface area (Å²) in [5, 5.41) is 23.9. The van der Waals surface area contributed by atoms with Gasteiger partial charge in [-0.05, 0) is 50.2 Å². The zero-order valence-electron chi connectivity index (χ0n) is 14.4. The van der Waals surface area contributed by atoms with Gasteiger partial charge in [0.05, 0.1) is 17.7 Å². The van der Waals surface area contributed by atoms with E-state index in [9.17, 15) is 19.5 Å². The standard InChI is InChI=1S/C18H21N3O5/c1-2-15(22)18(17(24)25,26-14-7-9-20-10-8-14)21-16(23)13-5-3-12(11-19)4-6-13/h3-6,14,20H,2,7-10H2,1H3,(H,21,23)(H,24,25). The Hall–Kier alpha value is -2.76. The van der Waals surface area contributed by atoms with Crippen LogP contribution in [-0.2, 0) is 14.3 Å². The topological polar surface area (TPSA) is 129 Å². The molecule has 8 heteroatoms. The number of carbonyl (C=O) groups is 3. The number of nitrogens with zero attached hydrogens (tertiary/aromatic N) is 1. The van der Waals surface area contributed by atoms with Gasteiger partial charge in [0, 0.05) is 12.0 Å². The van der Waals surface area contributed by atoms with Gasteiger partial charge in [0.2, 0.25) is 0 Å². The molecule has 1 amide bonds. The largest absolute Gasteiger partial charge is 0.477 e. The van der Waals surface area contributed by atoms with Crippen LogP contribution in [0.1, 0.15) is 42.1 Å². The number of amides is 1. The third-order valence-corrected chi connectivity index (χ3v) is 4.21. The summed E-state index contributed by atoms with van der Waals surface area (Å²) in [4.78, 5) is 36.9. The third-order valence-electron chi connectivity index (χ3n) is 4.21. The number of nitriles is 1. The lowest BCUT2D eigenvalue weighted by Crippen LogP contribution is -2.63. The first-order chi connectivity index (χ1) is 12.4. The molecule has 0 spiro atoms. The number of benzene rings is 1. The SMILES string of the molecule is CCC(=O)C(NC(=O)c1ccc(C#N)cc1)(OC1CCNCC1)C(=O)O. The average molecular weight is 359 g/mol. The first-order valence-electron chi connectivity index (χ1n) is 8.41. The van der Waals surface area contributed by atoms with Crippen molar-refractivity contribution in [2.75, 3.05) is 13.1 Å². The molecule has 138 valence electrons. The number of carboxylic acids is 1. The first kappa shape index (κ1) is 19.6. The predicted octanol–water partition coefficient (Wildman–Crippen LogP) is 0.817. The maximum Gasteiger partial charge on any atom is 0.365 e. The lowest BCUT2D eigenvalue weighted by atomic mass is 10.0. The normalized spacial score (nSPS) is 16.9. The van der Waals surface area contributed by atoms with Gasteiger partial charge in [0.25, 0.3) is 5.91 Å². The molecule has 26 heavy (non-hydrogen) atoms. The molecule has 0 aromatic heterocycles. The summed E-state index contributed by atoms with van der Waals surface area (Å²) in [5.41, 5.74) is -1.93. The molecule has 1 saturated heterocycles. The predicted molar refractivity (Wildman–Crippen MR) is 91.3 cm³/mol. The summed E-state index contributed by atoms with van der Waals surface area (Å²) < 4.78 is 5.66. The summed E-state index contributed by atoms with van der Waals surface area (Å²) in [5.74, 6) is -3.04. The Morgan fingerprint density at radius 1 is 1.31 bits per heavy atom. The Labute approximate surface area is 151 Å². The smallest absolute Gasteiger partial charge is 0.365 e. The van der Waals surface area contributed by atoms with E-state index in [-0.39, 0.29) is 12.0 Å². The molecular formula is C18H21N3O5. The van der Waals surface area contributed by atoms with Gasteiger partial charge in [0.1, 0.15) is 0 Å². The number of ketones is 1. The number of aliphatic carboxylic acids is 1. The maximum atomic E-state index is 12.5. The molecule has 0 bridgehead atoms. The van der Waals surface area contributed by atoms with Crippen LogP contribution in [0.5, 0.6) is 0 Å². The summed E-state index contributed by atoms with van der Waals surface area (Å²) in [6.45, 7) is 2.80. The van der Waals surface area contributed by atoms with Crippen molar-refractivity contribution in [2.24, 2.45) is 0 Å². The fourth-order valence-corrected chi connectivity index (χ4v) is 2.73. The highest BCUT2D eigenvalue weighted by atomic mass is 16.6. The van der Waals surface area contributed by atoms with E-state index in [1.807, 2.05) is 6.07 Å². The van der Waals surface area contributed by atoms with Gasteiger partial charge in [-0.25, -0.2) is 4.79 Å². The number of ether oxygens (including phenoxy) is 1. The van der Waals surface area contributed by atoms with Crippen LogP contribution in [0.4, 0.5) is 0 Å². The maximum absolute atomic E-state index is 12.5. The number of hydrogen-bond acceptors (Lipinski definition) is 6. The highest BCUT2D eigenvalue weighted by Gasteiger charge is 2.49. The summed E-state index contributed by atoms with van der Waals surface area (Å²) in [6.07, 6.45) is 0.520. The minimum absolute atomic E-state index is 0.106. The molecule has 1 aromatic carbocycles. The minimum Gasteiger partial charge on any atom is -0.477 e. The van der Waals surface area contributed by atoms with Crippen LogP contribution in [0, 0.1) is 11.3 Å². The van der Waals surface area contributed by atoms with Crippen molar-refractivity contribution < 1.29 is 24.2 Å². The van der Waals surface area contributed by atoms with E-state index in [4.69, 9.17) is 10.00 Å². The highest BCUT2D eigenvalue weighted by molar-refractivity contribution is 6.10. The van der Waals surface area contributed by atoms with Crippen LogP contribution in [0.15, 0.2) is 24.3 Å². The number of hydrogen-bond donors (Lipinski definition) is 3. The molecule has 1 unspecified atom stereocenters. The molecule has 1 aliphatic rings. The Balaban J connectivity index is 2.29. The number of nitrogens with one attached hydrogen (secondary N) is 2. The fourth-order valence-electron chi connectivity index (χ4n) is 2.73. The Kier molecular flexibility index (Phi) is 6.44. The van der Waals surface area contributed by atoms with E-state index in [1.54, 1.807) is 0 Å². The van der Waals surface area contributed by atoms with Gasteiger partial charge in [-0.15, -0.1) is 0 Å². The molecule has 0 aliphatic carbocycles. The van der Waals surface area contributed by atoms with E-state index in [2.05, 4.69) is 10.6 Å². The fraction of sp³-hybridized carbons (Fsp3) is 0.444. The molecule has 3 N–H and O–H groups in total.